The average molecular weight is 370 g/mol. The molecule has 128 valence electrons. The third-order valence-corrected chi connectivity index (χ3v) is 5.53. The molecule has 0 aliphatic heterocycles. The van der Waals surface area contributed by atoms with Gasteiger partial charge in [0.15, 0.2) is 4.21 Å². The molecule has 24 heavy (non-hydrogen) atoms. The summed E-state index contributed by atoms with van der Waals surface area (Å²) in [5.74, 6) is -0.839. The van der Waals surface area contributed by atoms with Crippen LogP contribution in [0.5, 0.6) is 0 Å². The van der Waals surface area contributed by atoms with E-state index in [1.165, 1.54) is 11.4 Å². The number of thiophene rings is 1. The first-order chi connectivity index (χ1) is 11.2. The van der Waals surface area contributed by atoms with Gasteiger partial charge in [0.25, 0.3) is 10.0 Å². The Morgan fingerprint density at radius 3 is 2.42 bits per heavy atom. The Bertz CT molecular complexity index is 871. The smallest absolute Gasteiger partial charge is 0.340 e. The van der Waals surface area contributed by atoms with E-state index < -0.39 is 22.0 Å². The van der Waals surface area contributed by atoms with E-state index in [-0.39, 0.29) is 15.7 Å². The number of hydrogen-bond donors (Lipinski definition) is 2. The van der Waals surface area contributed by atoms with Gasteiger partial charge >= 0.3 is 12.0 Å². The van der Waals surface area contributed by atoms with Crippen LogP contribution in [0.25, 0.3) is 0 Å². The number of anilines is 1. The van der Waals surface area contributed by atoms with Crippen LogP contribution in [0.1, 0.15) is 21.7 Å². The Labute approximate surface area is 142 Å². The average Bonchev–Trinajstić information content (AvgIpc) is 2.94. The van der Waals surface area contributed by atoms with Gasteiger partial charge in [0.1, 0.15) is 0 Å². The van der Waals surface area contributed by atoms with E-state index in [4.69, 9.17) is 0 Å². The van der Waals surface area contributed by atoms with E-state index in [0.29, 0.717) is 11.4 Å². The maximum atomic E-state index is 12.3. The SMILES string of the molecule is COC(=O)c1ccsc1S(=O)(=O)NC(=O)Nc1nc(C)cc(C)n1. The number of ether oxygens (including phenoxy) is 1. The highest BCUT2D eigenvalue weighted by Gasteiger charge is 2.26. The highest BCUT2D eigenvalue weighted by Crippen LogP contribution is 2.23. The highest BCUT2D eigenvalue weighted by atomic mass is 32.2. The van der Waals surface area contributed by atoms with E-state index in [0.717, 1.165) is 18.4 Å². The zero-order chi connectivity index (χ0) is 17.9. The van der Waals surface area contributed by atoms with Crippen LogP contribution < -0.4 is 10.0 Å². The number of aromatic nitrogens is 2. The molecule has 2 heterocycles. The lowest BCUT2D eigenvalue weighted by atomic mass is 10.3. The molecule has 0 bridgehead atoms. The number of hydrogen-bond acceptors (Lipinski definition) is 8. The van der Waals surface area contributed by atoms with Crippen LogP contribution >= 0.6 is 11.3 Å². The van der Waals surface area contributed by atoms with Crippen molar-refractivity contribution in [3.05, 3.63) is 34.5 Å². The fourth-order valence-electron chi connectivity index (χ4n) is 1.84. The number of carbonyl (C=O) groups is 2. The molecule has 0 aliphatic carbocycles. The van der Waals surface area contributed by atoms with Crippen molar-refractivity contribution in [1.82, 2.24) is 14.7 Å². The summed E-state index contributed by atoms with van der Waals surface area (Å²) in [6.45, 7) is 3.42. The second kappa shape index (κ2) is 6.93. The zero-order valence-electron chi connectivity index (χ0n) is 13.0. The maximum absolute atomic E-state index is 12.3. The Hall–Kier alpha value is -2.53. The van der Waals surface area contributed by atoms with Crippen molar-refractivity contribution in [2.45, 2.75) is 18.1 Å². The topological polar surface area (TPSA) is 127 Å². The van der Waals surface area contributed by atoms with Crippen LogP contribution in [0, 0.1) is 13.8 Å². The molecule has 0 aromatic carbocycles. The minimum absolute atomic E-state index is 0.0282. The number of rotatable bonds is 4. The molecule has 0 atom stereocenters. The number of sulfonamides is 1. The van der Waals surface area contributed by atoms with Crippen LogP contribution in [-0.4, -0.2) is 37.5 Å². The predicted molar refractivity (Wildman–Crippen MR) is 86.5 cm³/mol. The van der Waals surface area contributed by atoms with Gasteiger partial charge in [-0.15, -0.1) is 11.3 Å². The molecule has 2 rings (SSSR count). The summed E-state index contributed by atoms with van der Waals surface area (Å²) in [6.07, 6.45) is 0. The Kier molecular flexibility index (Phi) is 5.14. The fraction of sp³-hybridized carbons (Fsp3) is 0.231. The molecule has 9 nitrogen and oxygen atoms in total. The second-order valence-electron chi connectivity index (χ2n) is 4.65. The Morgan fingerprint density at radius 2 is 1.83 bits per heavy atom. The molecule has 11 heteroatoms. The van der Waals surface area contributed by atoms with Crippen molar-refractivity contribution in [3.8, 4) is 0 Å². The van der Waals surface area contributed by atoms with Gasteiger partial charge in [-0.1, -0.05) is 0 Å². The van der Waals surface area contributed by atoms with E-state index in [1.54, 1.807) is 19.9 Å². The van der Waals surface area contributed by atoms with Crippen molar-refractivity contribution in [3.63, 3.8) is 0 Å². The van der Waals surface area contributed by atoms with Gasteiger partial charge in [0, 0.05) is 11.4 Å². The number of urea groups is 1. The lowest BCUT2D eigenvalue weighted by Crippen LogP contribution is -2.35. The lowest BCUT2D eigenvalue weighted by molar-refractivity contribution is 0.0597. The number of nitrogens with zero attached hydrogens (tertiary/aromatic N) is 2. The molecule has 0 unspecified atom stereocenters. The predicted octanol–water partition coefficient (Wildman–Crippen LogP) is 1.45. The third-order valence-electron chi connectivity index (χ3n) is 2.71. The summed E-state index contributed by atoms with van der Waals surface area (Å²) in [5, 5.41) is 3.65. The fourth-order valence-corrected chi connectivity index (χ4v) is 4.08. The quantitative estimate of drug-likeness (QED) is 0.780. The van der Waals surface area contributed by atoms with Crippen LogP contribution in [0.4, 0.5) is 10.7 Å². The summed E-state index contributed by atoms with van der Waals surface area (Å²) >= 11 is 0.791. The van der Waals surface area contributed by atoms with Gasteiger partial charge in [-0.2, -0.15) is 0 Å². The summed E-state index contributed by atoms with van der Waals surface area (Å²) in [6, 6.07) is 1.97. The minimum Gasteiger partial charge on any atom is -0.465 e. The molecule has 0 radical (unpaired) electrons. The first kappa shape index (κ1) is 17.8. The molecule has 2 aromatic heterocycles. The van der Waals surface area contributed by atoms with Crippen LogP contribution in [0.3, 0.4) is 0 Å². The van der Waals surface area contributed by atoms with Crippen molar-refractivity contribution in [2.75, 3.05) is 12.4 Å². The van der Waals surface area contributed by atoms with Gasteiger partial charge < -0.3 is 4.74 Å². The first-order valence-corrected chi connectivity index (χ1v) is 8.91. The van der Waals surface area contributed by atoms with Crippen LogP contribution in [-0.2, 0) is 14.8 Å². The van der Waals surface area contributed by atoms with Crippen molar-refractivity contribution >= 4 is 39.3 Å². The molecular formula is C13H14N4O5S2. The minimum atomic E-state index is -4.24. The monoisotopic (exact) mass is 370 g/mol. The van der Waals surface area contributed by atoms with Gasteiger partial charge in [0.05, 0.1) is 12.7 Å². The first-order valence-electron chi connectivity index (χ1n) is 6.55. The lowest BCUT2D eigenvalue weighted by Gasteiger charge is -2.08. The number of methoxy groups -OCH3 is 1. The molecule has 0 fully saturated rings. The normalized spacial score (nSPS) is 11.0. The molecule has 2 amide bonds. The van der Waals surface area contributed by atoms with Crippen molar-refractivity contribution in [1.29, 1.82) is 0 Å². The number of carbonyl (C=O) groups excluding carboxylic acids is 2. The van der Waals surface area contributed by atoms with Gasteiger partial charge in [-0.05, 0) is 31.4 Å². The molecule has 0 saturated heterocycles. The maximum Gasteiger partial charge on any atom is 0.340 e. The molecule has 2 N–H and O–H groups in total. The van der Waals surface area contributed by atoms with Gasteiger partial charge in [-0.3, -0.25) is 5.32 Å². The van der Waals surface area contributed by atoms with Gasteiger partial charge in [-0.25, -0.2) is 32.7 Å². The Balaban J connectivity index is 2.19. The largest absolute Gasteiger partial charge is 0.465 e. The van der Waals surface area contributed by atoms with E-state index in [1.807, 2.05) is 4.72 Å². The molecule has 2 aromatic rings. The third kappa shape index (κ3) is 4.06. The van der Waals surface area contributed by atoms with Gasteiger partial charge in [0.2, 0.25) is 5.95 Å². The molecule has 0 saturated carbocycles. The number of amides is 2. The number of esters is 1. The molecule has 0 aliphatic rings. The number of aryl methyl sites for hydroxylation is 2. The molecular weight excluding hydrogens is 356 g/mol. The van der Waals surface area contributed by atoms with Crippen molar-refractivity contribution < 1.29 is 22.7 Å². The van der Waals surface area contributed by atoms with Crippen LogP contribution in [0.15, 0.2) is 21.7 Å². The zero-order valence-corrected chi connectivity index (χ0v) is 14.6. The standard InChI is InChI=1S/C13H14N4O5S2/c1-7-6-8(2)15-12(14-7)16-13(19)17-24(20,21)11-9(4-5-23-11)10(18)22-3/h4-6H,1-3H3,(H2,14,15,16,17,19). The second-order valence-corrected chi connectivity index (χ2v) is 7.44. The molecule has 0 spiro atoms. The highest BCUT2D eigenvalue weighted by molar-refractivity contribution is 7.92. The number of nitrogens with one attached hydrogen (secondary N) is 2. The summed E-state index contributed by atoms with van der Waals surface area (Å²) in [5.41, 5.74) is 1.09. The van der Waals surface area contributed by atoms with E-state index in [9.17, 15) is 18.0 Å². The Morgan fingerprint density at radius 1 is 1.21 bits per heavy atom. The summed E-state index contributed by atoms with van der Waals surface area (Å²) in [7, 11) is -3.11. The van der Waals surface area contributed by atoms with E-state index >= 15 is 0 Å². The van der Waals surface area contributed by atoms with Crippen LogP contribution in [0.2, 0.25) is 0 Å². The van der Waals surface area contributed by atoms with E-state index in [2.05, 4.69) is 20.0 Å². The summed E-state index contributed by atoms with van der Waals surface area (Å²) < 4.78 is 30.5. The summed E-state index contributed by atoms with van der Waals surface area (Å²) in [4.78, 5) is 31.4. The van der Waals surface area contributed by atoms with Crippen molar-refractivity contribution in [2.24, 2.45) is 0 Å².